The summed E-state index contributed by atoms with van der Waals surface area (Å²) in [6, 6.07) is 14.3. The van der Waals surface area contributed by atoms with E-state index in [9.17, 15) is 0 Å². The van der Waals surface area contributed by atoms with E-state index in [2.05, 4.69) is 50.2 Å². The van der Waals surface area contributed by atoms with Gasteiger partial charge in [-0.3, -0.25) is 0 Å². The Labute approximate surface area is 164 Å². The highest BCUT2D eigenvalue weighted by atomic mass is 32.1. The van der Waals surface area contributed by atoms with Gasteiger partial charge < -0.3 is 0 Å². The molecular formula is C24H28S2. The van der Waals surface area contributed by atoms with Crippen molar-refractivity contribution in [3.63, 3.8) is 0 Å². The monoisotopic (exact) mass is 380 g/mol. The highest BCUT2D eigenvalue weighted by Gasteiger charge is 2.12. The Morgan fingerprint density at radius 2 is 1.08 bits per heavy atom. The Hall–Kier alpha value is -1.38. The molecule has 26 heavy (non-hydrogen) atoms. The molecule has 0 saturated carbocycles. The van der Waals surface area contributed by atoms with E-state index in [1.54, 1.807) is 0 Å². The molecule has 2 heterocycles. The molecule has 0 saturated heterocycles. The van der Waals surface area contributed by atoms with Gasteiger partial charge in [0.05, 0.1) is 9.40 Å². The lowest BCUT2D eigenvalue weighted by molar-refractivity contribution is 0.718. The van der Waals surface area contributed by atoms with Crippen LogP contribution in [0.4, 0.5) is 0 Å². The van der Waals surface area contributed by atoms with Crippen molar-refractivity contribution in [2.45, 2.75) is 65.2 Å². The van der Waals surface area contributed by atoms with Crippen molar-refractivity contribution in [3.8, 4) is 0 Å². The molecule has 2 aromatic heterocycles. The van der Waals surface area contributed by atoms with Crippen LogP contribution in [0.2, 0.25) is 0 Å². The summed E-state index contributed by atoms with van der Waals surface area (Å²) in [7, 11) is 0. The third-order valence-electron chi connectivity index (χ3n) is 5.35. The molecule has 4 rings (SSSR count). The summed E-state index contributed by atoms with van der Waals surface area (Å²) in [5.74, 6) is 0. The summed E-state index contributed by atoms with van der Waals surface area (Å²) < 4.78 is 5.92. The molecule has 0 aliphatic rings. The molecule has 0 radical (unpaired) electrons. The molecule has 0 atom stereocenters. The van der Waals surface area contributed by atoms with E-state index in [0.29, 0.717) is 0 Å². The fraction of sp³-hybridized carbons (Fsp3) is 0.417. The van der Waals surface area contributed by atoms with E-state index in [1.807, 2.05) is 22.7 Å². The quantitative estimate of drug-likeness (QED) is 0.268. The lowest BCUT2D eigenvalue weighted by Gasteiger charge is -2.01. The van der Waals surface area contributed by atoms with Gasteiger partial charge in [-0.2, -0.15) is 0 Å². The van der Waals surface area contributed by atoms with Gasteiger partial charge in [-0.15, -0.1) is 22.7 Å². The van der Waals surface area contributed by atoms with E-state index in [1.165, 1.54) is 92.1 Å². The third kappa shape index (κ3) is 3.54. The molecule has 0 spiro atoms. The number of benzene rings is 2. The van der Waals surface area contributed by atoms with Crippen LogP contribution >= 0.6 is 22.7 Å². The van der Waals surface area contributed by atoms with Gasteiger partial charge in [0, 0.05) is 20.2 Å². The zero-order chi connectivity index (χ0) is 17.9. The van der Waals surface area contributed by atoms with E-state index in [4.69, 9.17) is 0 Å². The van der Waals surface area contributed by atoms with E-state index in [-0.39, 0.29) is 0 Å². The molecule has 136 valence electrons. The topological polar surface area (TPSA) is 0 Å². The van der Waals surface area contributed by atoms with Gasteiger partial charge in [0.25, 0.3) is 0 Å². The summed E-state index contributed by atoms with van der Waals surface area (Å²) in [5.41, 5.74) is 3.00. The number of rotatable bonds is 8. The molecule has 0 bridgehead atoms. The van der Waals surface area contributed by atoms with E-state index < -0.39 is 0 Å². The molecular weight excluding hydrogens is 352 g/mol. The van der Waals surface area contributed by atoms with Crippen LogP contribution in [0.5, 0.6) is 0 Å². The van der Waals surface area contributed by atoms with Crippen molar-refractivity contribution in [3.05, 3.63) is 47.5 Å². The van der Waals surface area contributed by atoms with Crippen LogP contribution < -0.4 is 0 Å². The largest absolute Gasteiger partial charge is 0.134 e. The third-order valence-corrected chi connectivity index (χ3v) is 7.85. The van der Waals surface area contributed by atoms with Gasteiger partial charge in [-0.25, -0.2) is 0 Å². The maximum Gasteiger partial charge on any atom is 0.0542 e. The number of fused-ring (bicyclic) bond motifs is 5. The first-order valence-corrected chi connectivity index (χ1v) is 11.8. The summed E-state index contributed by atoms with van der Waals surface area (Å²) in [5, 5.41) is 2.91. The highest BCUT2D eigenvalue weighted by Crippen LogP contribution is 2.44. The summed E-state index contributed by atoms with van der Waals surface area (Å²) in [6.07, 6.45) is 10.3. The van der Waals surface area contributed by atoms with Gasteiger partial charge in [0.1, 0.15) is 0 Å². The van der Waals surface area contributed by atoms with Crippen LogP contribution in [0.1, 0.15) is 63.5 Å². The van der Waals surface area contributed by atoms with Gasteiger partial charge in [-0.1, -0.05) is 63.8 Å². The number of hydrogen-bond acceptors (Lipinski definition) is 2. The van der Waals surface area contributed by atoms with Crippen molar-refractivity contribution in [2.24, 2.45) is 0 Å². The number of hydrogen-bond donors (Lipinski definition) is 0. The van der Waals surface area contributed by atoms with E-state index >= 15 is 0 Å². The molecule has 0 N–H and O–H groups in total. The van der Waals surface area contributed by atoms with Crippen molar-refractivity contribution >= 4 is 52.2 Å². The standard InChI is InChI=1S/C24H28S2/c1-3-5-7-9-17-11-13-19-21(15-17)25-24-20-14-12-18(10-8-6-4-2)16-22(20)26-23(19)24/h11-16H,3-10H2,1-2H3. The van der Waals surface area contributed by atoms with Crippen LogP contribution in [-0.2, 0) is 12.8 Å². The number of unbranched alkanes of at least 4 members (excludes halogenated alkanes) is 4. The predicted molar refractivity (Wildman–Crippen MR) is 121 cm³/mol. The minimum atomic E-state index is 1.22. The van der Waals surface area contributed by atoms with Crippen LogP contribution in [0.25, 0.3) is 29.6 Å². The molecule has 2 aromatic carbocycles. The highest BCUT2D eigenvalue weighted by molar-refractivity contribution is 7.36. The summed E-state index contributed by atoms with van der Waals surface area (Å²) in [6.45, 7) is 4.55. The molecule has 0 unspecified atom stereocenters. The first-order valence-electron chi connectivity index (χ1n) is 10.2. The van der Waals surface area contributed by atoms with Gasteiger partial charge >= 0.3 is 0 Å². The second kappa shape index (κ2) is 8.10. The van der Waals surface area contributed by atoms with Crippen LogP contribution in [-0.4, -0.2) is 0 Å². The summed E-state index contributed by atoms with van der Waals surface area (Å²) in [4.78, 5) is 0. The second-order valence-corrected chi connectivity index (χ2v) is 9.54. The zero-order valence-corrected chi connectivity index (χ0v) is 17.6. The Morgan fingerprint density at radius 1 is 0.615 bits per heavy atom. The molecule has 0 aliphatic heterocycles. The zero-order valence-electron chi connectivity index (χ0n) is 15.9. The fourth-order valence-corrected chi connectivity index (χ4v) is 6.59. The Balaban J connectivity index is 1.67. The molecule has 0 aliphatic carbocycles. The molecule has 0 fully saturated rings. The Morgan fingerprint density at radius 3 is 1.50 bits per heavy atom. The van der Waals surface area contributed by atoms with Gasteiger partial charge in [0.2, 0.25) is 0 Å². The first-order chi connectivity index (χ1) is 12.8. The Kier molecular flexibility index (Phi) is 5.61. The Bertz CT molecular complexity index is 935. The second-order valence-electron chi connectivity index (χ2n) is 7.44. The lowest BCUT2D eigenvalue weighted by atomic mass is 10.1. The van der Waals surface area contributed by atoms with Crippen LogP contribution in [0.15, 0.2) is 36.4 Å². The SMILES string of the molecule is CCCCCc1ccc2c(c1)sc1c3ccc(CCCCC)cc3sc21. The average Bonchev–Trinajstić information content (AvgIpc) is 3.17. The van der Waals surface area contributed by atoms with Crippen molar-refractivity contribution in [2.75, 3.05) is 0 Å². The van der Waals surface area contributed by atoms with Crippen LogP contribution in [0.3, 0.4) is 0 Å². The van der Waals surface area contributed by atoms with Crippen molar-refractivity contribution in [1.82, 2.24) is 0 Å². The molecule has 0 nitrogen and oxygen atoms in total. The fourth-order valence-electron chi connectivity index (χ4n) is 3.81. The minimum absolute atomic E-state index is 1.22. The number of thiophene rings is 2. The molecule has 4 aromatic rings. The maximum atomic E-state index is 2.44. The first kappa shape index (κ1) is 18.0. The van der Waals surface area contributed by atoms with Gasteiger partial charge in [0.15, 0.2) is 0 Å². The van der Waals surface area contributed by atoms with Gasteiger partial charge in [-0.05, 0) is 48.9 Å². The lowest BCUT2D eigenvalue weighted by Crippen LogP contribution is -1.84. The predicted octanol–water partition coefficient (Wildman–Crippen LogP) is 8.73. The van der Waals surface area contributed by atoms with E-state index in [0.717, 1.165) is 0 Å². The summed E-state index contributed by atoms with van der Waals surface area (Å²) >= 11 is 3.98. The molecule has 2 heteroatoms. The van der Waals surface area contributed by atoms with Crippen molar-refractivity contribution < 1.29 is 0 Å². The van der Waals surface area contributed by atoms with Crippen molar-refractivity contribution in [1.29, 1.82) is 0 Å². The average molecular weight is 381 g/mol. The minimum Gasteiger partial charge on any atom is -0.134 e. The normalized spacial score (nSPS) is 11.9. The number of aryl methyl sites for hydroxylation is 2. The van der Waals surface area contributed by atoms with Crippen LogP contribution in [0, 0.1) is 0 Å². The maximum absolute atomic E-state index is 2.44. The smallest absolute Gasteiger partial charge is 0.0542 e. The molecule has 0 amide bonds.